The minimum absolute atomic E-state index is 0.00950. The predicted molar refractivity (Wildman–Crippen MR) is 174 cm³/mol. The van der Waals surface area contributed by atoms with Crippen LogP contribution >= 0.6 is 23.4 Å². The number of thioether (sulfide) groups is 1. The summed E-state index contributed by atoms with van der Waals surface area (Å²) in [5.41, 5.74) is 1.39. The van der Waals surface area contributed by atoms with Crippen LogP contribution in [0.5, 0.6) is 11.5 Å². The van der Waals surface area contributed by atoms with Crippen LogP contribution in [0.15, 0.2) is 102 Å². The summed E-state index contributed by atoms with van der Waals surface area (Å²) in [7, 11) is 3.05. The average molecular weight is 631 g/mol. The summed E-state index contributed by atoms with van der Waals surface area (Å²) in [5, 5.41) is 8.46. The van der Waals surface area contributed by atoms with Gasteiger partial charge in [-0.25, -0.2) is 4.98 Å². The molecule has 0 saturated carbocycles. The van der Waals surface area contributed by atoms with Gasteiger partial charge in [-0.3, -0.25) is 14.4 Å². The number of halogens is 1. The van der Waals surface area contributed by atoms with Crippen molar-refractivity contribution in [2.45, 2.75) is 23.5 Å². The van der Waals surface area contributed by atoms with E-state index in [2.05, 4.69) is 20.9 Å². The topological polar surface area (TPSA) is 119 Å². The van der Waals surface area contributed by atoms with Crippen molar-refractivity contribution in [1.82, 2.24) is 10.3 Å². The lowest BCUT2D eigenvalue weighted by molar-refractivity contribution is -0.116. The van der Waals surface area contributed by atoms with Crippen molar-refractivity contribution < 1.29 is 23.9 Å². The second kappa shape index (κ2) is 15.6. The maximum Gasteiger partial charge on any atom is 0.272 e. The third-order valence-corrected chi connectivity index (χ3v) is 7.86. The van der Waals surface area contributed by atoms with E-state index < -0.39 is 17.1 Å². The van der Waals surface area contributed by atoms with E-state index in [1.807, 2.05) is 13.0 Å². The fourth-order valence-electron chi connectivity index (χ4n) is 4.04. The number of methoxy groups -OCH3 is 2. The number of carbonyl (C=O) groups is 3. The first kappa shape index (κ1) is 32.1. The summed E-state index contributed by atoms with van der Waals surface area (Å²) in [5.74, 6) is 0.232. The molecule has 4 aromatic rings. The van der Waals surface area contributed by atoms with E-state index >= 15 is 0 Å². The molecule has 1 unspecified atom stereocenters. The maximum absolute atomic E-state index is 13.6. The Morgan fingerprint density at radius 1 is 0.932 bits per heavy atom. The van der Waals surface area contributed by atoms with Crippen LogP contribution in [0.4, 0.5) is 11.5 Å². The highest BCUT2D eigenvalue weighted by atomic mass is 35.5. The largest absolute Gasteiger partial charge is 0.497 e. The second-order valence-electron chi connectivity index (χ2n) is 9.33. The Morgan fingerprint density at radius 3 is 2.41 bits per heavy atom. The number of ether oxygens (including phenoxy) is 2. The Bertz CT molecular complexity index is 1650. The number of amides is 3. The molecule has 1 atom stereocenters. The zero-order chi connectivity index (χ0) is 31.5. The number of benzene rings is 3. The van der Waals surface area contributed by atoms with Gasteiger partial charge in [0.2, 0.25) is 5.91 Å². The Balaban J connectivity index is 1.55. The van der Waals surface area contributed by atoms with Gasteiger partial charge in [-0.2, -0.15) is 0 Å². The van der Waals surface area contributed by atoms with Gasteiger partial charge in [0.05, 0.1) is 24.5 Å². The zero-order valence-electron chi connectivity index (χ0n) is 24.3. The van der Waals surface area contributed by atoms with Gasteiger partial charge in [0.1, 0.15) is 23.0 Å². The number of hydrogen-bond donors (Lipinski definition) is 3. The lowest BCUT2D eigenvalue weighted by Crippen LogP contribution is -2.30. The average Bonchev–Trinajstić information content (AvgIpc) is 3.04. The van der Waals surface area contributed by atoms with Gasteiger partial charge in [-0.05, 0) is 73.2 Å². The monoisotopic (exact) mass is 630 g/mol. The quantitative estimate of drug-likeness (QED) is 0.118. The van der Waals surface area contributed by atoms with E-state index in [1.165, 1.54) is 38.3 Å². The van der Waals surface area contributed by atoms with Gasteiger partial charge in [-0.1, -0.05) is 42.8 Å². The third kappa shape index (κ3) is 8.85. The molecule has 0 aliphatic carbocycles. The Labute approximate surface area is 265 Å². The van der Waals surface area contributed by atoms with Gasteiger partial charge >= 0.3 is 0 Å². The normalized spacial score (nSPS) is 11.7. The molecular weight excluding hydrogens is 600 g/mol. The summed E-state index contributed by atoms with van der Waals surface area (Å²) < 4.78 is 10.8. The molecule has 3 N–H and O–H groups in total. The molecule has 11 heteroatoms. The summed E-state index contributed by atoms with van der Waals surface area (Å²) in [4.78, 5) is 44.5. The van der Waals surface area contributed by atoms with Crippen molar-refractivity contribution in [3.8, 4) is 11.5 Å². The molecule has 0 bridgehead atoms. The smallest absolute Gasteiger partial charge is 0.272 e. The van der Waals surface area contributed by atoms with Crippen LogP contribution in [-0.2, 0) is 9.59 Å². The minimum Gasteiger partial charge on any atom is -0.497 e. The fourth-order valence-corrected chi connectivity index (χ4v) is 5.16. The van der Waals surface area contributed by atoms with Crippen molar-refractivity contribution in [3.05, 3.63) is 113 Å². The first-order valence-electron chi connectivity index (χ1n) is 13.6. The maximum atomic E-state index is 13.6. The standard InChI is InChI=1S/C33H31ClN4O5S/c1-4-29(33(41)38-30-16-13-23(34)20-35-30)44-26-12-8-11-24(19-26)36-32(40)27(37-31(39)21-9-6-5-7-10-21)18-22-17-25(42-2)14-15-28(22)43-3/h5-20,29H,4H2,1-3H3,(H,36,40)(H,37,39)(H,35,38,41)/b27-18+. The van der Waals surface area contributed by atoms with Crippen LogP contribution in [0.25, 0.3) is 6.08 Å². The number of hydrogen-bond acceptors (Lipinski definition) is 7. The van der Waals surface area contributed by atoms with Crippen LogP contribution in [0.3, 0.4) is 0 Å². The lowest BCUT2D eigenvalue weighted by Gasteiger charge is -2.16. The fraction of sp³-hybridized carbons (Fsp3) is 0.152. The number of carbonyl (C=O) groups excluding carboxylic acids is 3. The van der Waals surface area contributed by atoms with E-state index in [0.717, 1.165) is 4.90 Å². The summed E-state index contributed by atoms with van der Waals surface area (Å²) in [6.07, 6.45) is 3.55. The molecule has 0 aliphatic heterocycles. The molecule has 44 heavy (non-hydrogen) atoms. The number of anilines is 2. The molecule has 3 amide bonds. The molecule has 3 aromatic carbocycles. The number of nitrogens with zero attached hydrogens (tertiary/aromatic N) is 1. The Kier molecular flexibility index (Phi) is 11.4. The van der Waals surface area contributed by atoms with Crippen molar-refractivity contribution in [1.29, 1.82) is 0 Å². The van der Waals surface area contributed by atoms with Gasteiger partial charge < -0.3 is 25.4 Å². The molecule has 9 nitrogen and oxygen atoms in total. The van der Waals surface area contributed by atoms with Crippen molar-refractivity contribution in [2.24, 2.45) is 0 Å². The number of nitrogens with one attached hydrogen (secondary N) is 3. The van der Waals surface area contributed by atoms with E-state index in [4.69, 9.17) is 21.1 Å². The highest BCUT2D eigenvalue weighted by Gasteiger charge is 2.20. The van der Waals surface area contributed by atoms with Gasteiger partial charge in [-0.15, -0.1) is 11.8 Å². The predicted octanol–water partition coefficient (Wildman–Crippen LogP) is 6.67. The Hall–Kier alpha value is -4.80. The molecule has 1 aromatic heterocycles. The van der Waals surface area contributed by atoms with Crippen molar-refractivity contribution in [3.63, 3.8) is 0 Å². The number of aromatic nitrogens is 1. The zero-order valence-corrected chi connectivity index (χ0v) is 25.9. The van der Waals surface area contributed by atoms with E-state index in [9.17, 15) is 14.4 Å². The van der Waals surface area contributed by atoms with Crippen molar-refractivity contribution in [2.75, 3.05) is 24.9 Å². The van der Waals surface area contributed by atoms with Crippen LogP contribution in [0, 0.1) is 0 Å². The number of pyridine rings is 1. The molecule has 1 heterocycles. The molecule has 0 radical (unpaired) electrons. The first-order chi connectivity index (χ1) is 21.3. The second-order valence-corrected chi connectivity index (χ2v) is 11.0. The third-order valence-electron chi connectivity index (χ3n) is 6.28. The first-order valence-corrected chi connectivity index (χ1v) is 14.9. The van der Waals surface area contributed by atoms with Gasteiger partial charge in [0.25, 0.3) is 11.8 Å². The summed E-state index contributed by atoms with van der Waals surface area (Å²) >= 11 is 7.25. The minimum atomic E-state index is -0.556. The molecule has 0 spiro atoms. The molecule has 226 valence electrons. The van der Waals surface area contributed by atoms with E-state index in [1.54, 1.807) is 78.9 Å². The van der Waals surface area contributed by atoms with Crippen LogP contribution in [0.2, 0.25) is 5.02 Å². The van der Waals surface area contributed by atoms with Crippen LogP contribution in [-0.4, -0.2) is 42.2 Å². The number of rotatable bonds is 12. The summed E-state index contributed by atoms with van der Waals surface area (Å²) in [6, 6.07) is 24.1. The SMILES string of the molecule is CCC(Sc1cccc(NC(=O)/C(=C\c2cc(OC)ccc2OC)NC(=O)c2ccccc2)c1)C(=O)Nc1ccc(Cl)cn1. The Morgan fingerprint density at radius 2 is 1.73 bits per heavy atom. The van der Waals surface area contributed by atoms with Gasteiger partial charge in [0, 0.05) is 27.9 Å². The molecule has 0 aliphatic rings. The molecule has 4 rings (SSSR count). The highest BCUT2D eigenvalue weighted by Crippen LogP contribution is 2.29. The highest BCUT2D eigenvalue weighted by molar-refractivity contribution is 8.00. The van der Waals surface area contributed by atoms with Crippen LogP contribution < -0.4 is 25.4 Å². The van der Waals surface area contributed by atoms with E-state index in [-0.39, 0.29) is 11.6 Å². The molecule has 0 saturated heterocycles. The lowest BCUT2D eigenvalue weighted by atomic mass is 10.1. The molecule has 0 fully saturated rings. The van der Waals surface area contributed by atoms with E-state index in [0.29, 0.717) is 45.6 Å². The van der Waals surface area contributed by atoms with Crippen molar-refractivity contribution >= 4 is 58.7 Å². The summed E-state index contributed by atoms with van der Waals surface area (Å²) in [6.45, 7) is 1.91. The van der Waals surface area contributed by atoms with Crippen LogP contribution in [0.1, 0.15) is 29.3 Å². The molecular formula is C33H31ClN4O5S. The van der Waals surface area contributed by atoms with Gasteiger partial charge in [0.15, 0.2) is 0 Å².